The number of rotatable bonds is 6. The van der Waals surface area contributed by atoms with Crippen LogP contribution < -0.4 is 15.6 Å². The van der Waals surface area contributed by atoms with Gasteiger partial charge in [-0.1, -0.05) is 17.7 Å². The van der Waals surface area contributed by atoms with Crippen molar-refractivity contribution in [3.8, 4) is 11.8 Å². The van der Waals surface area contributed by atoms with Gasteiger partial charge in [-0.3, -0.25) is 14.4 Å². The van der Waals surface area contributed by atoms with Crippen molar-refractivity contribution >= 4 is 40.5 Å². The van der Waals surface area contributed by atoms with Crippen molar-refractivity contribution in [2.45, 2.75) is 50.6 Å². The largest absolute Gasteiger partial charge is 0.494 e. The van der Waals surface area contributed by atoms with Gasteiger partial charge in [0.05, 0.1) is 54.0 Å². The van der Waals surface area contributed by atoms with Gasteiger partial charge in [-0.15, -0.1) is 5.10 Å². The average molecular weight is 739 g/mol. The molecule has 1 atom stereocenters. The topological polar surface area (TPSA) is 166 Å². The van der Waals surface area contributed by atoms with Gasteiger partial charge in [0.15, 0.2) is 11.5 Å². The van der Waals surface area contributed by atoms with E-state index in [1.807, 2.05) is 12.1 Å². The fourth-order valence-corrected chi connectivity index (χ4v) is 7.17. The Bertz CT molecular complexity index is 2250. The molecule has 14 nitrogen and oxygen atoms in total. The van der Waals surface area contributed by atoms with Gasteiger partial charge in [0.25, 0.3) is 11.5 Å². The van der Waals surface area contributed by atoms with Crippen molar-refractivity contribution in [2.75, 3.05) is 38.7 Å². The number of ether oxygens (including phenoxy) is 3. The minimum atomic E-state index is -4.62. The molecule has 4 aromatic rings. The molecule has 0 unspecified atom stereocenters. The van der Waals surface area contributed by atoms with E-state index in [0.717, 1.165) is 28.3 Å². The lowest BCUT2D eigenvalue weighted by Gasteiger charge is -2.39. The number of piperidine rings is 1. The van der Waals surface area contributed by atoms with Crippen LogP contribution in [0.3, 0.4) is 0 Å². The van der Waals surface area contributed by atoms with E-state index >= 15 is 0 Å². The summed E-state index contributed by atoms with van der Waals surface area (Å²) < 4.78 is 59.6. The number of amides is 2. The van der Waals surface area contributed by atoms with Gasteiger partial charge in [0.2, 0.25) is 11.7 Å². The van der Waals surface area contributed by atoms with Crippen LogP contribution in [-0.2, 0) is 32.6 Å². The first-order valence-corrected chi connectivity index (χ1v) is 16.6. The summed E-state index contributed by atoms with van der Waals surface area (Å²) in [5, 5.41) is 16.2. The predicted octanol–water partition coefficient (Wildman–Crippen LogP) is 4.50. The molecule has 1 aromatic carbocycles. The Morgan fingerprint density at radius 3 is 2.62 bits per heavy atom. The highest BCUT2D eigenvalue weighted by molar-refractivity contribution is 6.33. The van der Waals surface area contributed by atoms with Gasteiger partial charge in [0.1, 0.15) is 29.7 Å². The number of aromatic nitrogens is 5. The number of nitrogens with one attached hydrogen (secondary N) is 1. The number of carbonyl (C=O) groups excluding carboxylic acids is 2. The number of likely N-dealkylation sites (tertiary alicyclic amines) is 1. The summed E-state index contributed by atoms with van der Waals surface area (Å²) in [4.78, 5) is 51.9. The van der Waals surface area contributed by atoms with Gasteiger partial charge >= 0.3 is 6.18 Å². The highest BCUT2D eigenvalue weighted by Gasteiger charge is 2.50. The molecule has 3 aliphatic rings. The number of anilines is 1. The number of pyridine rings is 1. The summed E-state index contributed by atoms with van der Waals surface area (Å²) >= 11 is 6.13. The molecule has 6 heterocycles. The minimum absolute atomic E-state index is 0.0144. The van der Waals surface area contributed by atoms with Crippen LogP contribution in [0.5, 0.6) is 5.75 Å². The van der Waals surface area contributed by atoms with Gasteiger partial charge in [-0.25, -0.2) is 4.98 Å². The monoisotopic (exact) mass is 738 g/mol. The van der Waals surface area contributed by atoms with Crippen LogP contribution >= 0.6 is 11.6 Å². The van der Waals surface area contributed by atoms with E-state index in [1.54, 1.807) is 11.8 Å². The quantitative estimate of drug-likeness (QED) is 0.298. The molecule has 1 spiro atoms. The Morgan fingerprint density at radius 2 is 1.96 bits per heavy atom. The lowest BCUT2D eigenvalue weighted by molar-refractivity contribution is -0.137. The van der Waals surface area contributed by atoms with Gasteiger partial charge in [-0.2, -0.15) is 27.9 Å². The molecule has 2 amide bonds. The van der Waals surface area contributed by atoms with Crippen LogP contribution in [0.15, 0.2) is 41.2 Å². The summed E-state index contributed by atoms with van der Waals surface area (Å²) in [5.74, 6) is -0.544. The molecule has 1 N–H and O–H groups in total. The molecular weight excluding hydrogens is 709 g/mol. The van der Waals surface area contributed by atoms with Crippen LogP contribution in [0.1, 0.15) is 71.1 Å². The van der Waals surface area contributed by atoms with Crippen molar-refractivity contribution in [3.63, 3.8) is 0 Å². The number of fused-ring (bicyclic) bond motifs is 3. The van der Waals surface area contributed by atoms with Crippen molar-refractivity contribution < 1.29 is 37.0 Å². The third kappa shape index (κ3) is 6.16. The summed E-state index contributed by atoms with van der Waals surface area (Å²) in [6.45, 7) is 2.41. The standard InChI is InChI=1S/C34H30ClF3N8O6/c1-18-28-26(33(52-18)9-11-44(12-10-33)31(49)27-24(50-2)6-4-21(16-39)40-27)30(48)46-32(42-29(43-46)19-7-13-51-14-8-19)45(28)17-25(47)41-23-5-3-20(15-22(23)35)34(36,37)38/h3-7,15,18H,8-14,17H2,1-2H3,(H,41,47)/t18-/m1/s1. The van der Waals surface area contributed by atoms with Crippen molar-refractivity contribution in [3.05, 3.63) is 85.8 Å². The number of nitriles is 1. The van der Waals surface area contributed by atoms with E-state index in [-0.39, 0.29) is 70.9 Å². The SMILES string of the molecule is COc1ccc(C#N)nc1C(=O)N1CCC2(CC1)O[C@H](C)c1c2c(=O)n2nc(C3=CCOCC3)nc2n1CC(=O)Nc1ccc(C(F)(F)F)cc1Cl. The van der Waals surface area contributed by atoms with Gasteiger partial charge in [-0.05, 0) is 62.1 Å². The Balaban J connectivity index is 1.25. The van der Waals surface area contributed by atoms with Crippen LogP contribution in [0.25, 0.3) is 11.4 Å². The van der Waals surface area contributed by atoms with Crippen LogP contribution in [0.2, 0.25) is 5.02 Å². The number of hydrogen-bond donors (Lipinski definition) is 1. The minimum Gasteiger partial charge on any atom is -0.494 e. The van der Waals surface area contributed by atoms with E-state index in [9.17, 15) is 32.8 Å². The van der Waals surface area contributed by atoms with Crippen molar-refractivity contribution in [1.82, 2.24) is 29.0 Å². The zero-order valence-corrected chi connectivity index (χ0v) is 28.5. The van der Waals surface area contributed by atoms with Crippen LogP contribution in [-0.4, -0.2) is 74.3 Å². The van der Waals surface area contributed by atoms with Crippen LogP contribution in [0, 0.1) is 11.3 Å². The molecule has 1 fully saturated rings. The van der Waals surface area contributed by atoms with E-state index in [0.29, 0.717) is 25.3 Å². The first-order chi connectivity index (χ1) is 24.8. The average Bonchev–Trinajstić information content (AvgIpc) is 3.70. The number of halogens is 4. The highest BCUT2D eigenvalue weighted by Crippen LogP contribution is 2.48. The molecule has 0 saturated carbocycles. The number of benzene rings is 1. The zero-order chi connectivity index (χ0) is 36.9. The Labute approximate surface area is 298 Å². The normalized spacial score (nSPS) is 18.2. The molecule has 3 aliphatic heterocycles. The summed E-state index contributed by atoms with van der Waals surface area (Å²) in [6, 6.07) is 7.48. The molecular formula is C34H30ClF3N8O6. The smallest absolute Gasteiger partial charge is 0.416 e. The number of nitrogens with zero attached hydrogens (tertiary/aromatic N) is 7. The van der Waals surface area contributed by atoms with Crippen molar-refractivity contribution in [2.24, 2.45) is 0 Å². The Hall–Kier alpha value is -5.31. The molecule has 18 heteroatoms. The molecule has 270 valence electrons. The third-order valence-corrected chi connectivity index (χ3v) is 9.72. The summed E-state index contributed by atoms with van der Waals surface area (Å²) in [5.41, 5.74) is -1.21. The zero-order valence-electron chi connectivity index (χ0n) is 27.8. The predicted molar refractivity (Wildman–Crippen MR) is 178 cm³/mol. The van der Waals surface area contributed by atoms with Gasteiger partial charge < -0.3 is 29.0 Å². The van der Waals surface area contributed by atoms with Gasteiger partial charge in [0, 0.05) is 13.1 Å². The Morgan fingerprint density at radius 1 is 1.19 bits per heavy atom. The number of hydrogen-bond acceptors (Lipinski definition) is 10. The molecule has 3 aromatic heterocycles. The van der Waals surface area contributed by atoms with Crippen molar-refractivity contribution in [1.29, 1.82) is 5.26 Å². The molecule has 0 bridgehead atoms. The fourth-order valence-electron chi connectivity index (χ4n) is 6.94. The maximum atomic E-state index is 14.4. The van der Waals surface area contributed by atoms with Crippen LogP contribution in [0.4, 0.5) is 18.9 Å². The second kappa shape index (κ2) is 13.3. The first-order valence-electron chi connectivity index (χ1n) is 16.2. The number of methoxy groups -OCH3 is 1. The molecule has 1 saturated heterocycles. The number of carbonyl (C=O) groups is 2. The summed E-state index contributed by atoms with van der Waals surface area (Å²) in [7, 11) is 1.40. The van der Waals surface area contributed by atoms with E-state index in [2.05, 4.69) is 20.4 Å². The fraction of sp³-hybridized carbons (Fsp3) is 0.382. The lowest BCUT2D eigenvalue weighted by atomic mass is 9.85. The second-order valence-electron chi connectivity index (χ2n) is 12.5. The van der Waals surface area contributed by atoms with E-state index in [1.165, 1.54) is 23.8 Å². The second-order valence-corrected chi connectivity index (χ2v) is 12.9. The highest BCUT2D eigenvalue weighted by atomic mass is 35.5. The maximum Gasteiger partial charge on any atom is 0.416 e. The molecule has 7 rings (SSSR count). The Kier molecular flexibility index (Phi) is 9.01. The molecule has 0 radical (unpaired) electrons. The first kappa shape index (κ1) is 35.1. The maximum absolute atomic E-state index is 14.4. The molecule has 0 aliphatic carbocycles. The number of alkyl halides is 3. The van der Waals surface area contributed by atoms with E-state index < -0.39 is 47.4 Å². The third-order valence-electron chi connectivity index (χ3n) is 9.40. The van der Waals surface area contributed by atoms with E-state index in [4.69, 9.17) is 25.8 Å². The molecule has 52 heavy (non-hydrogen) atoms. The lowest BCUT2D eigenvalue weighted by Crippen LogP contribution is -2.47. The summed E-state index contributed by atoms with van der Waals surface area (Å²) in [6.07, 6.45) is -2.61.